The fourth-order valence-electron chi connectivity index (χ4n) is 2.25. The van der Waals surface area contributed by atoms with Gasteiger partial charge < -0.3 is 14.6 Å². The maximum absolute atomic E-state index is 9.98. The number of hydrogen-bond donors (Lipinski definition) is 1. The van der Waals surface area contributed by atoms with Crippen molar-refractivity contribution in [1.82, 2.24) is 0 Å². The third kappa shape index (κ3) is 5.88. The molecule has 0 fully saturated rings. The van der Waals surface area contributed by atoms with Crippen LogP contribution in [0.2, 0.25) is 0 Å². The Labute approximate surface area is 132 Å². The first-order chi connectivity index (χ1) is 10.8. The number of hydrogen-bond acceptors (Lipinski definition) is 3. The number of rotatable bonds is 9. The van der Waals surface area contributed by atoms with Crippen molar-refractivity contribution in [1.29, 1.82) is 0 Å². The van der Waals surface area contributed by atoms with E-state index in [1.54, 1.807) is 7.11 Å². The third-order valence-corrected chi connectivity index (χ3v) is 3.63. The van der Waals surface area contributed by atoms with Crippen LogP contribution in [0.4, 0.5) is 0 Å². The smallest absolute Gasteiger partial charge is 0.118 e. The number of aryl methyl sites for hydroxylation is 1. The second kappa shape index (κ2) is 9.23. The van der Waals surface area contributed by atoms with Crippen molar-refractivity contribution in [3.8, 4) is 5.75 Å². The van der Waals surface area contributed by atoms with Gasteiger partial charge in [0.2, 0.25) is 0 Å². The number of aliphatic hydroxyl groups excluding tert-OH is 1. The Kier molecular flexibility index (Phi) is 6.94. The van der Waals surface area contributed by atoms with Gasteiger partial charge in [-0.25, -0.2) is 0 Å². The largest absolute Gasteiger partial charge is 0.497 e. The average molecular weight is 300 g/mol. The molecule has 0 amide bonds. The minimum absolute atomic E-state index is 0.309. The molecule has 0 aliphatic rings. The maximum atomic E-state index is 9.98. The summed E-state index contributed by atoms with van der Waals surface area (Å²) >= 11 is 0. The van der Waals surface area contributed by atoms with E-state index in [-0.39, 0.29) is 6.10 Å². The van der Waals surface area contributed by atoms with Crippen molar-refractivity contribution >= 4 is 0 Å². The second-order valence-electron chi connectivity index (χ2n) is 5.37. The van der Waals surface area contributed by atoms with Gasteiger partial charge in [0.1, 0.15) is 5.75 Å². The Hall–Kier alpha value is -1.84. The third-order valence-electron chi connectivity index (χ3n) is 3.63. The summed E-state index contributed by atoms with van der Waals surface area (Å²) in [6, 6.07) is 18.1. The fourth-order valence-corrected chi connectivity index (χ4v) is 2.25. The van der Waals surface area contributed by atoms with Crippen molar-refractivity contribution in [2.24, 2.45) is 0 Å². The highest BCUT2D eigenvalue weighted by Gasteiger charge is 2.05. The lowest BCUT2D eigenvalue weighted by Gasteiger charge is -2.11. The Morgan fingerprint density at radius 3 is 2.32 bits per heavy atom. The van der Waals surface area contributed by atoms with Gasteiger partial charge in [-0.3, -0.25) is 0 Å². The Morgan fingerprint density at radius 2 is 1.64 bits per heavy atom. The predicted octanol–water partition coefficient (Wildman–Crippen LogP) is 3.60. The lowest BCUT2D eigenvalue weighted by atomic mass is 10.1. The van der Waals surface area contributed by atoms with Gasteiger partial charge in [0.15, 0.2) is 0 Å². The van der Waals surface area contributed by atoms with Crippen LogP contribution >= 0.6 is 0 Å². The zero-order chi connectivity index (χ0) is 15.6. The molecule has 0 bridgehead atoms. The molecule has 3 nitrogen and oxygen atoms in total. The zero-order valence-corrected chi connectivity index (χ0v) is 13.1. The van der Waals surface area contributed by atoms with Crippen LogP contribution in [0, 0.1) is 0 Å². The van der Waals surface area contributed by atoms with Crippen molar-refractivity contribution < 1.29 is 14.6 Å². The minimum atomic E-state index is -0.309. The molecule has 3 heteroatoms. The molecule has 1 N–H and O–H groups in total. The molecule has 0 saturated heterocycles. The van der Waals surface area contributed by atoms with Crippen LogP contribution in [-0.4, -0.2) is 24.9 Å². The van der Waals surface area contributed by atoms with Gasteiger partial charge in [0, 0.05) is 6.61 Å². The number of aliphatic hydroxyl groups is 1. The van der Waals surface area contributed by atoms with Gasteiger partial charge in [0.25, 0.3) is 0 Å². The molecule has 118 valence electrons. The van der Waals surface area contributed by atoms with Gasteiger partial charge >= 0.3 is 0 Å². The van der Waals surface area contributed by atoms with E-state index in [1.165, 1.54) is 5.56 Å². The van der Waals surface area contributed by atoms with Gasteiger partial charge in [0.05, 0.1) is 19.8 Å². The molecule has 0 aromatic heterocycles. The Morgan fingerprint density at radius 1 is 0.909 bits per heavy atom. The first-order valence-corrected chi connectivity index (χ1v) is 7.70. The van der Waals surface area contributed by atoms with E-state index in [2.05, 4.69) is 12.1 Å². The zero-order valence-electron chi connectivity index (χ0n) is 13.1. The molecule has 22 heavy (non-hydrogen) atoms. The summed E-state index contributed by atoms with van der Waals surface area (Å²) in [7, 11) is 1.66. The van der Waals surface area contributed by atoms with E-state index in [0.29, 0.717) is 19.6 Å². The van der Waals surface area contributed by atoms with E-state index < -0.39 is 0 Å². The molecular weight excluding hydrogens is 276 g/mol. The average Bonchev–Trinajstić information content (AvgIpc) is 2.58. The van der Waals surface area contributed by atoms with Crippen molar-refractivity contribution in [3.63, 3.8) is 0 Å². The first kappa shape index (κ1) is 16.5. The quantitative estimate of drug-likeness (QED) is 0.719. The summed E-state index contributed by atoms with van der Waals surface area (Å²) < 4.78 is 10.7. The van der Waals surface area contributed by atoms with Gasteiger partial charge in [-0.2, -0.15) is 0 Å². The van der Waals surface area contributed by atoms with Crippen LogP contribution in [-0.2, 0) is 17.8 Å². The highest BCUT2D eigenvalue weighted by molar-refractivity contribution is 5.26. The highest BCUT2D eigenvalue weighted by Crippen LogP contribution is 2.12. The Balaban J connectivity index is 1.59. The summed E-state index contributed by atoms with van der Waals surface area (Å²) in [4.78, 5) is 0. The van der Waals surface area contributed by atoms with Crippen molar-refractivity contribution in [3.05, 3.63) is 65.7 Å². The van der Waals surface area contributed by atoms with E-state index in [0.717, 1.165) is 24.2 Å². The normalized spacial score (nSPS) is 12.1. The summed E-state index contributed by atoms with van der Waals surface area (Å²) in [6.45, 7) is 1.14. The van der Waals surface area contributed by atoms with Crippen LogP contribution in [0.15, 0.2) is 54.6 Å². The van der Waals surface area contributed by atoms with Crippen molar-refractivity contribution in [2.75, 3.05) is 13.7 Å². The second-order valence-corrected chi connectivity index (χ2v) is 5.37. The van der Waals surface area contributed by atoms with Gasteiger partial charge in [-0.05, 0) is 42.5 Å². The van der Waals surface area contributed by atoms with Crippen LogP contribution in [0.1, 0.15) is 24.0 Å². The minimum Gasteiger partial charge on any atom is -0.497 e. The van der Waals surface area contributed by atoms with Crippen LogP contribution < -0.4 is 4.74 Å². The molecule has 2 rings (SSSR count). The molecule has 0 heterocycles. The van der Waals surface area contributed by atoms with E-state index in [1.807, 2.05) is 42.5 Å². The monoisotopic (exact) mass is 300 g/mol. The molecule has 2 aromatic carbocycles. The fraction of sp³-hybridized carbons (Fsp3) is 0.368. The highest BCUT2D eigenvalue weighted by atomic mass is 16.5. The first-order valence-electron chi connectivity index (χ1n) is 7.70. The number of methoxy groups -OCH3 is 1. The number of ether oxygens (including phenoxy) is 2. The lowest BCUT2D eigenvalue weighted by molar-refractivity contribution is 0.0702. The van der Waals surface area contributed by atoms with E-state index in [9.17, 15) is 5.11 Å². The van der Waals surface area contributed by atoms with E-state index in [4.69, 9.17) is 9.47 Å². The van der Waals surface area contributed by atoms with Gasteiger partial charge in [-0.15, -0.1) is 0 Å². The molecule has 0 saturated carbocycles. The standard InChI is InChI=1S/C19H24O3/c1-21-19-11-8-17(9-12-19)15-22-14-13-18(20)10-7-16-5-3-2-4-6-16/h2-6,8-9,11-12,18,20H,7,10,13-15H2,1H3. The van der Waals surface area contributed by atoms with Gasteiger partial charge in [-0.1, -0.05) is 42.5 Å². The number of benzene rings is 2. The predicted molar refractivity (Wildman–Crippen MR) is 88.0 cm³/mol. The molecule has 0 spiro atoms. The molecule has 1 atom stereocenters. The molecule has 1 unspecified atom stereocenters. The molecule has 0 aliphatic heterocycles. The summed E-state index contributed by atoms with van der Waals surface area (Å²) in [6.07, 6.45) is 2.04. The summed E-state index contributed by atoms with van der Waals surface area (Å²) in [5.41, 5.74) is 2.38. The van der Waals surface area contributed by atoms with E-state index >= 15 is 0 Å². The maximum Gasteiger partial charge on any atom is 0.118 e. The van der Waals surface area contributed by atoms with Crippen LogP contribution in [0.25, 0.3) is 0 Å². The molecule has 0 radical (unpaired) electrons. The molecule has 0 aliphatic carbocycles. The SMILES string of the molecule is COc1ccc(COCCC(O)CCc2ccccc2)cc1. The van der Waals surface area contributed by atoms with Crippen molar-refractivity contribution in [2.45, 2.75) is 32.0 Å². The van der Waals surface area contributed by atoms with Crippen LogP contribution in [0.3, 0.4) is 0 Å². The Bertz CT molecular complexity index is 522. The molecule has 2 aromatic rings. The van der Waals surface area contributed by atoms with Crippen LogP contribution in [0.5, 0.6) is 5.75 Å². The summed E-state index contributed by atoms with van der Waals surface area (Å²) in [5, 5.41) is 9.98. The molecular formula is C19H24O3. The lowest BCUT2D eigenvalue weighted by Crippen LogP contribution is -2.11. The topological polar surface area (TPSA) is 38.7 Å². The summed E-state index contributed by atoms with van der Waals surface area (Å²) in [5.74, 6) is 0.847.